The topological polar surface area (TPSA) is 98.0 Å². The highest BCUT2D eigenvalue weighted by molar-refractivity contribution is 9.10. The molecule has 1 unspecified atom stereocenters. The van der Waals surface area contributed by atoms with Crippen LogP contribution in [0, 0.1) is 0 Å². The van der Waals surface area contributed by atoms with E-state index in [9.17, 15) is 8.42 Å². The molecule has 0 aliphatic carbocycles. The maximum atomic E-state index is 12.2. The highest BCUT2D eigenvalue weighted by Crippen LogP contribution is 2.22. The molecule has 0 aromatic carbocycles. The summed E-state index contributed by atoms with van der Waals surface area (Å²) < 4.78 is 27.5. The van der Waals surface area contributed by atoms with Crippen molar-refractivity contribution in [2.45, 2.75) is 17.7 Å². The predicted molar refractivity (Wildman–Crippen MR) is 82.1 cm³/mol. The Bertz CT molecular complexity index is 688. The lowest BCUT2D eigenvalue weighted by Crippen LogP contribution is -2.28. The monoisotopic (exact) mass is 376 g/mol. The van der Waals surface area contributed by atoms with Crippen LogP contribution in [0.25, 0.3) is 0 Å². The highest BCUT2D eigenvalue weighted by Gasteiger charge is 2.20. The predicted octanol–water partition coefficient (Wildman–Crippen LogP) is 1.96. The van der Waals surface area contributed by atoms with E-state index >= 15 is 0 Å². The first-order valence-corrected chi connectivity index (χ1v) is 8.86. The fourth-order valence-corrected chi connectivity index (χ4v) is 3.94. The Morgan fingerprint density at radius 2 is 2.25 bits per heavy atom. The highest BCUT2D eigenvalue weighted by atomic mass is 79.9. The SMILES string of the molecule is CC(CNS(=O)(=O)c1cc(Br)cnc1N)c1nccs1. The van der Waals surface area contributed by atoms with Gasteiger partial charge in [-0.15, -0.1) is 11.3 Å². The standard InChI is InChI=1S/C11H13BrN4O2S2/c1-7(11-14-2-3-19-11)5-16-20(17,18)9-4-8(12)6-15-10(9)13/h2-4,6-7,16H,5H2,1H3,(H2,13,15). The molecule has 0 fully saturated rings. The van der Waals surface area contributed by atoms with E-state index < -0.39 is 10.0 Å². The number of hydrogen-bond acceptors (Lipinski definition) is 6. The summed E-state index contributed by atoms with van der Waals surface area (Å²) in [5.41, 5.74) is 5.62. The van der Waals surface area contributed by atoms with Gasteiger partial charge in [-0.1, -0.05) is 6.92 Å². The van der Waals surface area contributed by atoms with Crippen molar-refractivity contribution < 1.29 is 8.42 Å². The molecule has 0 aliphatic heterocycles. The van der Waals surface area contributed by atoms with E-state index in [1.807, 2.05) is 12.3 Å². The third-order valence-corrected chi connectivity index (χ3v) is 5.48. The lowest BCUT2D eigenvalue weighted by molar-refractivity contribution is 0.574. The van der Waals surface area contributed by atoms with Crippen LogP contribution >= 0.6 is 27.3 Å². The van der Waals surface area contributed by atoms with Gasteiger partial charge in [-0.3, -0.25) is 0 Å². The third-order valence-electron chi connectivity index (χ3n) is 2.59. The number of sulfonamides is 1. The maximum Gasteiger partial charge on any atom is 0.244 e. The third kappa shape index (κ3) is 3.54. The van der Waals surface area contributed by atoms with Crippen molar-refractivity contribution in [1.29, 1.82) is 0 Å². The molecule has 2 aromatic rings. The van der Waals surface area contributed by atoms with E-state index in [4.69, 9.17) is 5.73 Å². The van der Waals surface area contributed by atoms with Crippen LogP contribution in [0.3, 0.4) is 0 Å². The summed E-state index contributed by atoms with van der Waals surface area (Å²) in [4.78, 5) is 7.95. The molecule has 2 aromatic heterocycles. The number of anilines is 1. The molecule has 0 spiro atoms. The maximum absolute atomic E-state index is 12.2. The number of aromatic nitrogens is 2. The molecule has 9 heteroatoms. The minimum atomic E-state index is -3.69. The van der Waals surface area contributed by atoms with Gasteiger partial charge in [-0.2, -0.15) is 0 Å². The summed E-state index contributed by atoms with van der Waals surface area (Å²) >= 11 is 4.67. The van der Waals surface area contributed by atoms with E-state index in [0.717, 1.165) is 5.01 Å². The number of halogens is 1. The number of thiazole rings is 1. The van der Waals surface area contributed by atoms with Gasteiger partial charge in [-0.05, 0) is 22.0 Å². The molecule has 3 N–H and O–H groups in total. The molecule has 0 saturated carbocycles. The van der Waals surface area contributed by atoms with Crippen LogP contribution in [-0.4, -0.2) is 24.9 Å². The molecule has 0 aliphatic rings. The van der Waals surface area contributed by atoms with E-state index in [1.165, 1.54) is 23.6 Å². The van der Waals surface area contributed by atoms with Gasteiger partial charge in [0, 0.05) is 34.7 Å². The number of nitrogen functional groups attached to an aromatic ring is 1. The van der Waals surface area contributed by atoms with Gasteiger partial charge >= 0.3 is 0 Å². The first-order valence-electron chi connectivity index (χ1n) is 5.70. The number of nitrogens with one attached hydrogen (secondary N) is 1. The Hall–Kier alpha value is -1.03. The Morgan fingerprint density at radius 3 is 2.90 bits per heavy atom. The molecule has 2 rings (SSSR count). The molecular formula is C11H13BrN4O2S2. The number of rotatable bonds is 5. The Labute approximate surface area is 129 Å². The Morgan fingerprint density at radius 1 is 1.50 bits per heavy atom. The largest absolute Gasteiger partial charge is 0.383 e. The van der Waals surface area contributed by atoms with Gasteiger partial charge in [0.25, 0.3) is 0 Å². The quantitative estimate of drug-likeness (QED) is 0.830. The van der Waals surface area contributed by atoms with Crippen LogP contribution in [0.15, 0.2) is 33.2 Å². The second-order valence-corrected chi connectivity index (χ2v) is 7.74. The van der Waals surface area contributed by atoms with Crippen LogP contribution in [-0.2, 0) is 10.0 Å². The number of hydrogen-bond donors (Lipinski definition) is 2. The molecular weight excluding hydrogens is 364 g/mol. The van der Waals surface area contributed by atoms with Crippen molar-refractivity contribution in [2.24, 2.45) is 0 Å². The fraction of sp³-hybridized carbons (Fsp3) is 0.273. The van der Waals surface area contributed by atoms with Crippen molar-refractivity contribution >= 4 is 43.1 Å². The second kappa shape index (κ2) is 6.17. The normalized spacial score (nSPS) is 13.3. The average Bonchev–Trinajstić information content (AvgIpc) is 2.93. The summed E-state index contributed by atoms with van der Waals surface area (Å²) in [6, 6.07) is 1.43. The van der Waals surface area contributed by atoms with E-state index in [-0.39, 0.29) is 23.2 Å². The van der Waals surface area contributed by atoms with Gasteiger partial charge in [0.05, 0.1) is 5.01 Å². The summed E-state index contributed by atoms with van der Waals surface area (Å²) in [6.07, 6.45) is 3.15. The van der Waals surface area contributed by atoms with Gasteiger partial charge in [0.1, 0.15) is 10.7 Å². The van der Waals surface area contributed by atoms with Crippen molar-refractivity contribution in [3.8, 4) is 0 Å². The Kier molecular flexibility index (Phi) is 4.74. The zero-order valence-electron chi connectivity index (χ0n) is 10.6. The lowest BCUT2D eigenvalue weighted by Gasteiger charge is -2.12. The lowest BCUT2D eigenvalue weighted by atomic mass is 10.2. The zero-order chi connectivity index (χ0) is 14.8. The average molecular weight is 377 g/mol. The van der Waals surface area contributed by atoms with Crippen LogP contribution in [0.1, 0.15) is 17.8 Å². The van der Waals surface area contributed by atoms with Crippen molar-refractivity contribution in [3.05, 3.63) is 33.3 Å². The first kappa shape index (κ1) is 15.4. The smallest absolute Gasteiger partial charge is 0.244 e. The van der Waals surface area contributed by atoms with E-state index in [0.29, 0.717) is 4.47 Å². The summed E-state index contributed by atoms with van der Waals surface area (Å²) in [6.45, 7) is 2.16. The number of nitrogens with zero attached hydrogens (tertiary/aromatic N) is 2. The number of pyridine rings is 1. The molecule has 20 heavy (non-hydrogen) atoms. The van der Waals surface area contributed by atoms with Crippen LogP contribution in [0.2, 0.25) is 0 Å². The molecule has 0 amide bonds. The van der Waals surface area contributed by atoms with Gasteiger partial charge in [-0.25, -0.2) is 23.1 Å². The Balaban J connectivity index is 2.13. The first-order chi connectivity index (χ1) is 9.40. The zero-order valence-corrected chi connectivity index (χ0v) is 13.8. The molecule has 0 radical (unpaired) electrons. The molecule has 0 saturated heterocycles. The molecule has 2 heterocycles. The van der Waals surface area contributed by atoms with Gasteiger partial charge in [0.15, 0.2) is 0 Å². The minimum absolute atomic E-state index is 0.00823. The molecule has 1 atom stereocenters. The minimum Gasteiger partial charge on any atom is -0.383 e. The number of nitrogens with two attached hydrogens (primary N) is 1. The molecule has 108 valence electrons. The van der Waals surface area contributed by atoms with Gasteiger partial charge < -0.3 is 5.73 Å². The second-order valence-electron chi connectivity index (χ2n) is 4.16. The fourth-order valence-electron chi connectivity index (χ4n) is 1.52. The van der Waals surface area contributed by atoms with Crippen LogP contribution < -0.4 is 10.5 Å². The van der Waals surface area contributed by atoms with Crippen LogP contribution in [0.5, 0.6) is 0 Å². The molecule has 6 nitrogen and oxygen atoms in total. The summed E-state index contributed by atoms with van der Waals surface area (Å²) in [7, 11) is -3.69. The molecule has 0 bridgehead atoms. The van der Waals surface area contributed by atoms with Crippen molar-refractivity contribution in [2.75, 3.05) is 12.3 Å². The van der Waals surface area contributed by atoms with E-state index in [1.54, 1.807) is 6.20 Å². The van der Waals surface area contributed by atoms with Crippen LogP contribution in [0.4, 0.5) is 5.82 Å². The van der Waals surface area contributed by atoms with Crippen molar-refractivity contribution in [3.63, 3.8) is 0 Å². The summed E-state index contributed by atoms with van der Waals surface area (Å²) in [5.74, 6) is -0.0336. The van der Waals surface area contributed by atoms with Gasteiger partial charge in [0.2, 0.25) is 10.0 Å². The summed E-state index contributed by atoms with van der Waals surface area (Å²) in [5, 5.41) is 2.74. The van der Waals surface area contributed by atoms with Crippen molar-refractivity contribution in [1.82, 2.24) is 14.7 Å². The van der Waals surface area contributed by atoms with E-state index in [2.05, 4.69) is 30.6 Å².